The average molecular weight is 305 g/mol. The second-order valence-electron chi connectivity index (χ2n) is 4.69. The maximum atomic E-state index is 12.5. The number of nitrogens with zero attached hydrogens (tertiary/aromatic N) is 1. The van der Waals surface area contributed by atoms with Crippen molar-refractivity contribution in [2.45, 2.75) is 32.6 Å². The average Bonchev–Trinajstić information content (AvgIpc) is 2.68. The third-order valence-electron chi connectivity index (χ3n) is 2.62. The van der Waals surface area contributed by atoms with E-state index in [0.29, 0.717) is 18.0 Å². The van der Waals surface area contributed by atoms with Crippen LogP contribution >= 0.6 is 11.3 Å². The summed E-state index contributed by atoms with van der Waals surface area (Å²) < 4.78 is 26.4. The van der Waals surface area contributed by atoms with Gasteiger partial charge in [-0.25, -0.2) is 13.2 Å². The first kappa shape index (κ1) is 16.1. The van der Waals surface area contributed by atoms with Gasteiger partial charge in [0.05, 0.1) is 4.90 Å². The number of thiophene rings is 1. The fourth-order valence-electron chi connectivity index (χ4n) is 1.77. The second kappa shape index (κ2) is 6.02. The van der Waals surface area contributed by atoms with E-state index < -0.39 is 16.0 Å². The summed E-state index contributed by atoms with van der Waals surface area (Å²) in [5, 5.41) is 8.93. The maximum absolute atomic E-state index is 12.5. The lowest BCUT2D eigenvalue weighted by molar-refractivity contribution is 0.0702. The molecule has 19 heavy (non-hydrogen) atoms. The highest BCUT2D eigenvalue weighted by Crippen LogP contribution is 2.28. The molecule has 1 N–H and O–H groups in total. The van der Waals surface area contributed by atoms with Gasteiger partial charge in [0.15, 0.2) is 0 Å². The van der Waals surface area contributed by atoms with Gasteiger partial charge in [0, 0.05) is 18.0 Å². The van der Waals surface area contributed by atoms with Crippen LogP contribution in [0.15, 0.2) is 11.0 Å². The Morgan fingerprint density at radius 3 is 2.42 bits per heavy atom. The number of carboxylic acid groups (broad SMARTS) is 1. The minimum atomic E-state index is -3.61. The third-order valence-corrected chi connectivity index (χ3v) is 5.86. The first-order valence-electron chi connectivity index (χ1n) is 6.04. The molecule has 0 spiro atoms. The molecule has 0 saturated carbocycles. The van der Waals surface area contributed by atoms with Crippen molar-refractivity contribution in [1.82, 2.24) is 4.31 Å². The predicted molar refractivity (Wildman–Crippen MR) is 75.3 cm³/mol. The van der Waals surface area contributed by atoms with Gasteiger partial charge in [-0.2, -0.15) is 4.31 Å². The van der Waals surface area contributed by atoms with Crippen molar-refractivity contribution in [3.8, 4) is 0 Å². The normalized spacial score (nSPS) is 12.3. The lowest BCUT2D eigenvalue weighted by Crippen LogP contribution is -2.34. The van der Waals surface area contributed by atoms with Crippen molar-refractivity contribution in [1.29, 1.82) is 0 Å². The van der Waals surface area contributed by atoms with Crippen molar-refractivity contribution in [3.05, 3.63) is 15.8 Å². The van der Waals surface area contributed by atoms with Crippen molar-refractivity contribution in [2.75, 3.05) is 13.1 Å². The van der Waals surface area contributed by atoms with Gasteiger partial charge in [0.25, 0.3) is 0 Å². The highest BCUT2D eigenvalue weighted by molar-refractivity contribution is 7.89. The van der Waals surface area contributed by atoms with Crippen LogP contribution < -0.4 is 0 Å². The highest BCUT2D eigenvalue weighted by atomic mass is 32.2. The Morgan fingerprint density at radius 1 is 1.47 bits per heavy atom. The largest absolute Gasteiger partial charge is 0.477 e. The Morgan fingerprint density at radius 2 is 2.05 bits per heavy atom. The maximum Gasteiger partial charge on any atom is 0.345 e. The summed E-state index contributed by atoms with van der Waals surface area (Å²) >= 11 is 0.991. The van der Waals surface area contributed by atoms with Crippen molar-refractivity contribution >= 4 is 27.3 Å². The van der Waals surface area contributed by atoms with E-state index in [1.165, 1.54) is 10.4 Å². The molecule has 1 rings (SSSR count). The Hall–Kier alpha value is -0.920. The number of carboxylic acids is 1. The van der Waals surface area contributed by atoms with Crippen LogP contribution in [0, 0.1) is 12.8 Å². The van der Waals surface area contributed by atoms with E-state index in [2.05, 4.69) is 0 Å². The lowest BCUT2D eigenvalue weighted by atomic mass is 10.2. The summed E-state index contributed by atoms with van der Waals surface area (Å²) in [6.45, 7) is 8.10. The minimum Gasteiger partial charge on any atom is -0.477 e. The molecule has 108 valence electrons. The molecule has 0 aliphatic carbocycles. The number of aryl methyl sites for hydroxylation is 1. The van der Waals surface area contributed by atoms with Crippen molar-refractivity contribution < 1.29 is 18.3 Å². The number of rotatable bonds is 6. The second-order valence-corrected chi connectivity index (χ2v) is 7.85. The van der Waals surface area contributed by atoms with Gasteiger partial charge in [-0.05, 0) is 18.9 Å². The van der Waals surface area contributed by atoms with Crippen LogP contribution in [-0.4, -0.2) is 36.9 Å². The van der Waals surface area contributed by atoms with Crippen LogP contribution in [0.5, 0.6) is 0 Å². The Bertz CT molecular complexity index is 560. The molecular weight excluding hydrogens is 286 g/mol. The first-order chi connectivity index (χ1) is 8.70. The molecule has 0 fully saturated rings. The molecule has 0 atom stereocenters. The lowest BCUT2D eigenvalue weighted by Gasteiger charge is -2.22. The van der Waals surface area contributed by atoms with E-state index in [4.69, 9.17) is 5.11 Å². The molecule has 1 heterocycles. The smallest absolute Gasteiger partial charge is 0.345 e. The van der Waals surface area contributed by atoms with E-state index in [0.717, 1.165) is 11.3 Å². The summed E-state index contributed by atoms with van der Waals surface area (Å²) in [7, 11) is -3.61. The molecule has 5 nitrogen and oxygen atoms in total. The summed E-state index contributed by atoms with van der Waals surface area (Å²) in [6.07, 6.45) is 0. The van der Waals surface area contributed by atoms with Gasteiger partial charge in [0.2, 0.25) is 10.0 Å². The number of sulfonamides is 1. The quantitative estimate of drug-likeness (QED) is 0.876. The van der Waals surface area contributed by atoms with E-state index in [-0.39, 0.29) is 15.7 Å². The fraction of sp³-hybridized carbons (Fsp3) is 0.583. The van der Waals surface area contributed by atoms with Crippen LogP contribution in [0.3, 0.4) is 0 Å². The predicted octanol–water partition coefficient (Wildman–Crippen LogP) is 2.42. The Balaban J connectivity index is 3.22. The van der Waals surface area contributed by atoms with Crippen LogP contribution in [0.4, 0.5) is 0 Å². The molecule has 0 aliphatic heterocycles. The molecule has 0 bridgehead atoms. The van der Waals surface area contributed by atoms with E-state index >= 15 is 0 Å². The molecule has 0 aromatic carbocycles. The number of hydrogen-bond donors (Lipinski definition) is 1. The molecule has 1 aromatic rings. The number of carbonyl (C=O) groups is 1. The molecule has 0 unspecified atom stereocenters. The molecule has 0 radical (unpaired) electrons. The summed E-state index contributed by atoms with van der Waals surface area (Å²) in [5.41, 5.74) is 0. The van der Waals surface area contributed by atoms with Gasteiger partial charge < -0.3 is 5.11 Å². The minimum absolute atomic E-state index is 0.0525. The topological polar surface area (TPSA) is 74.7 Å². The van der Waals surface area contributed by atoms with E-state index in [9.17, 15) is 13.2 Å². The van der Waals surface area contributed by atoms with Gasteiger partial charge in [-0.15, -0.1) is 11.3 Å². The summed E-state index contributed by atoms with van der Waals surface area (Å²) in [4.78, 5) is 11.6. The van der Waals surface area contributed by atoms with Gasteiger partial charge in [0.1, 0.15) is 4.88 Å². The van der Waals surface area contributed by atoms with Crippen LogP contribution in [0.25, 0.3) is 0 Å². The zero-order valence-electron chi connectivity index (χ0n) is 11.5. The number of aromatic carboxylic acids is 1. The fourth-order valence-corrected chi connectivity index (χ4v) is 4.78. The van der Waals surface area contributed by atoms with Crippen LogP contribution in [-0.2, 0) is 10.0 Å². The Kier molecular flexibility index (Phi) is 5.11. The first-order valence-corrected chi connectivity index (χ1v) is 8.29. The Labute approximate surface area is 117 Å². The van der Waals surface area contributed by atoms with Gasteiger partial charge in [-0.3, -0.25) is 0 Å². The zero-order chi connectivity index (χ0) is 14.8. The standard InChI is InChI=1S/C12H19NO4S2/c1-5-13(7-8(2)3)19(16,17)11-6-10(12(14)15)18-9(11)4/h6,8H,5,7H2,1-4H3,(H,14,15). The van der Waals surface area contributed by atoms with Crippen molar-refractivity contribution in [3.63, 3.8) is 0 Å². The molecule has 1 aromatic heterocycles. The van der Waals surface area contributed by atoms with Gasteiger partial charge in [-0.1, -0.05) is 20.8 Å². The van der Waals surface area contributed by atoms with Crippen molar-refractivity contribution in [2.24, 2.45) is 5.92 Å². The van der Waals surface area contributed by atoms with Crippen LogP contribution in [0.2, 0.25) is 0 Å². The highest BCUT2D eigenvalue weighted by Gasteiger charge is 2.28. The molecule has 0 saturated heterocycles. The SMILES string of the molecule is CCN(CC(C)C)S(=O)(=O)c1cc(C(=O)O)sc1C. The monoisotopic (exact) mass is 305 g/mol. The number of hydrogen-bond acceptors (Lipinski definition) is 4. The van der Waals surface area contributed by atoms with Crippen LogP contribution in [0.1, 0.15) is 35.3 Å². The summed E-state index contributed by atoms with van der Waals surface area (Å²) in [5.74, 6) is -0.880. The molecule has 7 heteroatoms. The van der Waals surface area contributed by atoms with E-state index in [1.54, 1.807) is 13.8 Å². The molecule has 0 amide bonds. The molecule has 0 aliphatic rings. The van der Waals surface area contributed by atoms with Gasteiger partial charge >= 0.3 is 5.97 Å². The van der Waals surface area contributed by atoms with E-state index in [1.807, 2.05) is 13.8 Å². The molecular formula is C12H19NO4S2. The summed E-state index contributed by atoms with van der Waals surface area (Å²) in [6, 6.07) is 1.25. The zero-order valence-corrected chi connectivity index (χ0v) is 13.1. The third kappa shape index (κ3) is 3.55.